The summed E-state index contributed by atoms with van der Waals surface area (Å²) >= 11 is 0. The molecule has 1 atom stereocenters. The molecule has 2 rings (SSSR count). The molecule has 3 nitrogen and oxygen atoms in total. The molecule has 1 aliphatic rings. The lowest BCUT2D eigenvalue weighted by molar-refractivity contribution is -0.0480. The average molecular weight is 235 g/mol. The molecule has 1 heterocycles. The molecule has 0 aliphatic carbocycles. The first kappa shape index (κ1) is 12.6. The van der Waals surface area contributed by atoms with Gasteiger partial charge in [0.25, 0.3) is 0 Å². The molecule has 0 saturated carbocycles. The van der Waals surface area contributed by atoms with E-state index in [-0.39, 0.29) is 6.61 Å². The highest BCUT2D eigenvalue weighted by atomic mass is 16.3. The van der Waals surface area contributed by atoms with Crippen molar-refractivity contribution in [3.05, 3.63) is 35.9 Å². The Labute approximate surface area is 103 Å². The van der Waals surface area contributed by atoms with E-state index in [2.05, 4.69) is 17.0 Å². The number of nitrogens with zero attached hydrogens (tertiary/aromatic N) is 1. The first-order valence-corrected chi connectivity index (χ1v) is 6.31. The zero-order chi connectivity index (χ0) is 12.1. The van der Waals surface area contributed by atoms with Gasteiger partial charge in [-0.15, -0.1) is 0 Å². The first-order chi connectivity index (χ1) is 8.22. The highest BCUT2D eigenvalue weighted by molar-refractivity contribution is 5.14. The lowest BCUT2D eigenvalue weighted by Gasteiger charge is -2.39. The molecular formula is C14H21NO2. The second-order valence-electron chi connectivity index (χ2n) is 5.00. The van der Waals surface area contributed by atoms with Crippen molar-refractivity contribution in [1.82, 2.24) is 4.90 Å². The van der Waals surface area contributed by atoms with Crippen LogP contribution >= 0.6 is 0 Å². The quantitative estimate of drug-likeness (QED) is 0.829. The summed E-state index contributed by atoms with van der Waals surface area (Å²) in [5.41, 5.74) is 0.586. The normalized spacial score (nSPS) is 26.0. The van der Waals surface area contributed by atoms with E-state index in [0.717, 1.165) is 25.9 Å². The summed E-state index contributed by atoms with van der Waals surface area (Å²) in [6.07, 6.45) is 2.29. The standard InChI is InChI=1S/C14H21NO2/c16-10-8-14(17)7-4-9-15(12-14)11-13-5-2-1-3-6-13/h1-3,5-6,16-17H,4,7-12H2. The average Bonchev–Trinajstić information content (AvgIpc) is 2.30. The van der Waals surface area contributed by atoms with Crippen LogP contribution in [0.1, 0.15) is 24.8 Å². The van der Waals surface area contributed by atoms with Gasteiger partial charge in [-0.3, -0.25) is 4.90 Å². The van der Waals surface area contributed by atoms with Gasteiger partial charge in [0.1, 0.15) is 0 Å². The second kappa shape index (κ2) is 5.63. The maximum Gasteiger partial charge on any atom is 0.0796 e. The maximum atomic E-state index is 10.3. The number of hydrogen-bond donors (Lipinski definition) is 2. The van der Waals surface area contributed by atoms with E-state index in [4.69, 9.17) is 5.11 Å². The van der Waals surface area contributed by atoms with Crippen molar-refractivity contribution in [1.29, 1.82) is 0 Å². The number of β-amino-alcohol motifs (C(OH)–C–C–N with tert-alkyl or cyclic N) is 1. The van der Waals surface area contributed by atoms with Gasteiger partial charge in [-0.25, -0.2) is 0 Å². The van der Waals surface area contributed by atoms with Gasteiger partial charge in [-0.2, -0.15) is 0 Å². The van der Waals surface area contributed by atoms with Crippen LogP contribution in [0.4, 0.5) is 0 Å². The predicted octanol–water partition coefficient (Wildman–Crippen LogP) is 1.40. The Morgan fingerprint density at radius 1 is 1.24 bits per heavy atom. The van der Waals surface area contributed by atoms with Crippen molar-refractivity contribution in [3.8, 4) is 0 Å². The Hall–Kier alpha value is -0.900. The summed E-state index contributed by atoms with van der Waals surface area (Å²) in [5.74, 6) is 0. The third-order valence-corrected chi connectivity index (χ3v) is 3.46. The molecule has 0 bridgehead atoms. The molecule has 0 radical (unpaired) electrons. The fourth-order valence-corrected chi connectivity index (χ4v) is 2.59. The molecule has 1 saturated heterocycles. The molecular weight excluding hydrogens is 214 g/mol. The van der Waals surface area contributed by atoms with Crippen LogP contribution in [0.5, 0.6) is 0 Å². The Balaban J connectivity index is 1.94. The van der Waals surface area contributed by atoms with Crippen LogP contribution in [0.2, 0.25) is 0 Å². The van der Waals surface area contributed by atoms with Gasteiger partial charge in [0, 0.05) is 26.1 Å². The molecule has 2 N–H and O–H groups in total. The lowest BCUT2D eigenvalue weighted by Crippen LogP contribution is -2.48. The smallest absolute Gasteiger partial charge is 0.0796 e. The molecule has 94 valence electrons. The molecule has 1 unspecified atom stereocenters. The van der Waals surface area contributed by atoms with Crippen molar-refractivity contribution in [2.75, 3.05) is 19.7 Å². The van der Waals surface area contributed by atoms with Gasteiger partial charge < -0.3 is 10.2 Å². The van der Waals surface area contributed by atoms with Gasteiger partial charge >= 0.3 is 0 Å². The van der Waals surface area contributed by atoms with E-state index in [1.807, 2.05) is 18.2 Å². The lowest BCUT2D eigenvalue weighted by atomic mass is 9.90. The number of likely N-dealkylation sites (tertiary alicyclic amines) is 1. The molecule has 1 aromatic carbocycles. The van der Waals surface area contributed by atoms with E-state index >= 15 is 0 Å². The van der Waals surface area contributed by atoms with Crippen LogP contribution in [-0.2, 0) is 6.54 Å². The van der Waals surface area contributed by atoms with Gasteiger partial charge in [-0.1, -0.05) is 30.3 Å². The number of aliphatic hydroxyl groups excluding tert-OH is 1. The van der Waals surface area contributed by atoms with Crippen LogP contribution in [-0.4, -0.2) is 40.4 Å². The minimum absolute atomic E-state index is 0.0652. The van der Waals surface area contributed by atoms with Gasteiger partial charge in [0.15, 0.2) is 0 Å². The van der Waals surface area contributed by atoms with Crippen molar-refractivity contribution < 1.29 is 10.2 Å². The molecule has 0 amide bonds. The topological polar surface area (TPSA) is 43.7 Å². The van der Waals surface area contributed by atoms with Crippen molar-refractivity contribution in [2.45, 2.75) is 31.4 Å². The van der Waals surface area contributed by atoms with E-state index in [1.165, 1.54) is 5.56 Å². The van der Waals surface area contributed by atoms with Crippen LogP contribution in [0.3, 0.4) is 0 Å². The monoisotopic (exact) mass is 235 g/mol. The minimum atomic E-state index is -0.693. The number of aliphatic hydroxyl groups is 2. The minimum Gasteiger partial charge on any atom is -0.396 e. The second-order valence-corrected chi connectivity index (χ2v) is 5.00. The van der Waals surface area contributed by atoms with Crippen molar-refractivity contribution in [3.63, 3.8) is 0 Å². The maximum absolute atomic E-state index is 10.3. The largest absolute Gasteiger partial charge is 0.396 e. The summed E-state index contributed by atoms with van der Waals surface area (Å²) in [7, 11) is 0. The molecule has 0 spiro atoms. The summed E-state index contributed by atoms with van der Waals surface area (Å²) in [4.78, 5) is 2.27. The third kappa shape index (κ3) is 3.53. The van der Waals surface area contributed by atoms with Gasteiger partial charge in [0.05, 0.1) is 5.60 Å². The first-order valence-electron chi connectivity index (χ1n) is 6.31. The van der Waals surface area contributed by atoms with E-state index in [9.17, 15) is 5.11 Å². The zero-order valence-corrected chi connectivity index (χ0v) is 10.2. The molecule has 1 aliphatic heterocycles. The summed E-state index contributed by atoms with van der Waals surface area (Å²) in [5, 5.41) is 19.3. The van der Waals surface area contributed by atoms with E-state index in [1.54, 1.807) is 0 Å². The number of piperidine rings is 1. The Bertz CT molecular complexity index is 337. The molecule has 0 aromatic heterocycles. The Kier molecular flexibility index (Phi) is 4.15. The van der Waals surface area contributed by atoms with Crippen molar-refractivity contribution >= 4 is 0 Å². The van der Waals surface area contributed by atoms with Crippen LogP contribution < -0.4 is 0 Å². The summed E-state index contributed by atoms with van der Waals surface area (Å²) in [6, 6.07) is 10.3. The fraction of sp³-hybridized carbons (Fsp3) is 0.571. The highest BCUT2D eigenvalue weighted by Gasteiger charge is 2.32. The number of rotatable bonds is 4. The summed E-state index contributed by atoms with van der Waals surface area (Å²) < 4.78 is 0. The highest BCUT2D eigenvalue weighted by Crippen LogP contribution is 2.25. The van der Waals surface area contributed by atoms with Gasteiger partial charge in [-0.05, 0) is 24.9 Å². The fourth-order valence-electron chi connectivity index (χ4n) is 2.59. The summed E-state index contributed by atoms with van der Waals surface area (Å²) in [6.45, 7) is 2.65. The van der Waals surface area contributed by atoms with E-state index in [0.29, 0.717) is 13.0 Å². The molecule has 17 heavy (non-hydrogen) atoms. The van der Waals surface area contributed by atoms with Crippen LogP contribution in [0, 0.1) is 0 Å². The SMILES string of the molecule is OCCC1(O)CCCN(Cc2ccccc2)C1. The predicted molar refractivity (Wildman–Crippen MR) is 67.6 cm³/mol. The Morgan fingerprint density at radius 2 is 2.00 bits per heavy atom. The molecule has 1 aromatic rings. The molecule has 3 heteroatoms. The number of hydrogen-bond acceptors (Lipinski definition) is 3. The van der Waals surface area contributed by atoms with Crippen LogP contribution in [0.25, 0.3) is 0 Å². The zero-order valence-electron chi connectivity index (χ0n) is 10.2. The van der Waals surface area contributed by atoms with E-state index < -0.39 is 5.60 Å². The van der Waals surface area contributed by atoms with Gasteiger partial charge in [0.2, 0.25) is 0 Å². The van der Waals surface area contributed by atoms with Crippen molar-refractivity contribution in [2.24, 2.45) is 0 Å². The van der Waals surface area contributed by atoms with Crippen LogP contribution in [0.15, 0.2) is 30.3 Å². The molecule has 1 fully saturated rings. The Morgan fingerprint density at radius 3 is 2.71 bits per heavy atom. The third-order valence-electron chi connectivity index (χ3n) is 3.46. The number of benzene rings is 1.